The minimum Gasteiger partial charge on any atom is -0.350 e. The molecule has 0 spiro atoms. The average molecular weight is 352 g/mol. The highest BCUT2D eigenvalue weighted by atomic mass is 32.2. The molecular weight excluding hydrogens is 332 g/mol. The molecule has 3 heterocycles. The molecule has 2 aliphatic rings. The number of aromatic nitrogens is 2. The Morgan fingerprint density at radius 1 is 1.20 bits per heavy atom. The van der Waals surface area contributed by atoms with Crippen LogP contribution >= 0.6 is 10.5 Å². The molecule has 1 amide bonds. The van der Waals surface area contributed by atoms with Crippen molar-refractivity contribution in [3.05, 3.63) is 59.4 Å². The molecule has 1 aromatic heterocycles. The van der Waals surface area contributed by atoms with Gasteiger partial charge in [0.15, 0.2) is 0 Å². The summed E-state index contributed by atoms with van der Waals surface area (Å²) in [4.78, 5) is 18.1. The van der Waals surface area contributed by atoms with Crippen LogP contribution in [0.2, 0.25) is 0 Å². The lowest BCUT2D eigenvalue weighted by atomic mass is 10.1. The first kappa shape index (κ1) is 16.0. The van der Waals surface area contributed by atoms with Gasteiger partial charge in [-0.15, -0.1) is 10.5 Å². The molecule has 5 nitrogen and oxygen atoms in total. The van der Waals surface area contributed by atoms with E-state index in [-0.39, 0.29) is 16.4 Å². The van der Waals surface area contributed by atoms with Crippen molar-refractivity contribution in [2.75, 3.05) is 0 Å². The van der Waals surface area contributed by atoms with Crippen LogP contribution in [-0.4, -0.2) is 26.8 Å². The summed E-state index contributed by atoms with van der Waals surface area (Å²) in [5.41, 5.74) is 3.08. The first-order chi connectivity index (χ1) is 12.3. The second kappa shape index (κ2) is 7.19. The number of amides is 1. The maximum atomic E-state index is 12.4. The molecule has 0 aliphatic carbocycles. The van der Waals surface area contributed by atoms with Crippen molar-refractivity contribution >= 4 is 27.5 Å². The highest BCUT2D eigenvalue weighted by Gasteiger charge is 2.12. The standard InChI is InChI=1S/C19H20N4OS/c24-19-12-15-4-1-2-6-18(15)25-11-8-20-17(14-25)5-3-9-23-10-7-16(22-23)13-21-19/h1-2,4,6-8,10-11,14H,3,5,9,12-13H2,(H,21,24). The third kappa shape index (κ3) is 3.79. The molecular formula is C19H20N4OS. The number of benzene rings is 1. The molecule has 1 atom stereocenters. The van der Waals surface area contributed by atoms with Crippen molar-refractivity contribution in [2.45, 2.75) is 37.2 Å². The zero-order valence-electron chi connectivity index (χ0n) is 13.9. The minimum absolute atomic E-state index is 0.0235. The summed E-state index contributed by atoms with van der Waals surface area (Å²) in [5.74, 6) is 0.0235. The van der Waals surface area contributed by atoms with Crippen LogP contribution in [-0.2, 0) is 24.3 Å². The van der Waals surface area contributed by atoms with Crippen molar-refractivity contribution in [3.8, 4) is 0 Å². The van der Waals surface area contributed by atoms with Crippen LogP contribution < -0.4 is 5.32 Å². The lowest BCUT2D eigenvalue weighted by Gasteiger charge is -2.14. The molecule has 0 saturated heterocycles. The summed E-state index contributed by atoms with van der Waals surface area (Å²) < 4.78 is 1.94. The van der Waals surface area contributed by atoms with Crippen LogP contribution in [0, 0.1) is 0 Å². The van der Waals surface area contributed by atoms with Gasteiger partial charge in [-0.3, -0.25) is 14.5 Å². The van der Waals surface area contributed by atoms with E-state index in [4.69, 9.17) is 0 Å². The van der Waals surface area contributed by atoms with Gasteiger partial charge in [0, 0.05) is 29.5 Å². The summed E-state index contributed by atoms with van der Waals surface area (Å²) in [6.07, 6.45) is 6.19. The molecule has 0 saturated carbocycles. The quantitative estimate of drug-likeness (QED) is 0.741. The number of aliphatic imine (C=N–C) groups is 1. The predicted octanol–water partition coefficient (Wildman–Crippen LogP) is 2.89. The van der Waals surface area contributed by atoms with E-state index in [1.807, 2.05) is 41.3 Å². The monoisotopic (exact) mass is 352 g/mol. The van der Waals surface area contributed by atoms with Gasteiger partial charge in [0.1, 0.15) is 0 Å². The minimum atomic E-state index is -0.134. The summed E-state index contributed by atoms with van der Waals surface area (Å²) in [6.45, 7) is 1.33. The second-order valence-electron chi connectivity index (χ2n) is 6.13. The van der Waals surface area contributed by atoms with E-state index >= 15 is 0 Å². The Balaban J connectivity index is 1.68. The molecule has 4 bridgehead atoms. The predicted molar refractivity (Wildman–Crippen MR) is 102 cm³/mol. The first-order valence-electron chi connectivity index (χ1n) is 8.45. The number of carbonyl (C=O) groups excluding carboxylic acids is 1. The van der Waals surface area contributed by atoms with Gasteiger partial charge in [0.25, 0.3) is 0 Å². The number of nitrogens with one attached hydrogen (secondary N) is 1. The Morgan fingerprint density at radius 2 is 2.12 bits per heavy atom. The molecule has 1 N–H and O–H groups in total. The van der Waals surface area contributed by atoms with Gasteiger partial charge >= 0.3 is 0 Å². The fourth-order valence-electron chi connectivity index (χ4n) is 3.02. The molecule has 0 fully saturated rings. The summed E-state index contributed by atoms with van der Waals surface area (Å²) in [7, 11) is -0.134. The van der Waals surface area contributed by atoms with Crippen molar-refractivity contribution in [1.29, 1.82) is 0 Å². The van der Waals surface area contributed by atoms with Crippen LogP contribution in [0.5, 0.6) is 0 Å². The molecule has 128 valence electrons. The lowest BCUT2D eigenvalue weighted by molar-refractivity contribution is -0.120. The van der Waals surface area contributed by atoms with Crippen LogP contribution in [0.1, 0.15) is 24.1 Å². The Kier molecular flexibility index (Phi) is 4.61. The number of nitrogens with zero attached hydrogens (tertiary/aromatic N) is 3. The first-order valence-corrected chi connectivity index (χ1v) is 9.80. The fraction of sp³-hybridized carbons (Fsp3) is 0.263. The highest BCUT2D eigenvalue weighted by molar-refractivity contribution is 8.18. The Hall–Kier alpha value is -2.47. The van der Waals surface area contributed by atoms with Crippen molar-refractivity contribution in [2.24, 2.45) is 4.99 Å². The molecule has 1 unspecified atom stereocenters. The maximum Gasteiger partial charge on any atom is 0.224 e. The van der Waals surface area contributed by atoms with Gasteiger partial charge in [-0.1, -0.05) is 18.2 Å². The lowest BCUT2D eigenvalue weighted by Crippen LogP contribution is -2.25. The van der Waals surface area contributed by atoms with E-state index in [1.54, 1.807) is 0 Å². The molecule has 6 heteroatoms. The molecule has 4 rings (SSSR count). The zero-order chi connectivity index (χ0) is 17.1. The smallest absolute Gasteiger partial charge is 0.224 e. The fourth-order valence-corrected chi connectivity index (χ4v) is 4.71. The normalized spacial score (nSPS) is 20.4. The van der Waals surface area contributed by atoms with Crippen LogP contribution in [0.25, 0.3) is 0 Å². The van der Waals surface area contributed by atoms with Crippen LogP contribution in [0.15, 0.2) is 58.0 Å². The van der Waals surface area contributed by atoms with Gasteiger partial charge in [-0.2, -0.15) is 5.10 Å². The van der Waals surface area contributed by atoms with Crippen molar-refractivity contribution < 1.29 is 4.79 Å². The van der Waals surface area contributed by atoms with Crippen LogP contribution in [0.3, 0.4) is 0 Å². The number of carbonyl (C=O) groups is 1. The number of aryl methyl sites for hydroxylation is 1. The van der Waals surface area contributed by atoms with Gasteiger partial charge in [0.05, 0.1) is 18.7 Å². The van der Waals surface area contributed by atoms with E-state index in [2.05, 4.69) is 32.2 Å². The largest absolute Gasteiger partial charge is 0.350 e. The third-order valence-corrected chi connectivity index (χ3v) is 6.12. The average Bonchev–Trinajstić information content (AvgIpc) is 3.08. The van der Waals surface area contributed by atoms with Gasteiger partial charge < -0.3 is 5.32 Å². The SMILES string of the molecule is O=C1Cc2ccccc2S2=CC(=NC=C2)CCCn2ccc(n2)CN1. The molecule has 0 radical (unpaired) electrons. The summed E-state index contributed by atoms with van der Waals surface area (Å²) >= 11 is 0. The Bertz CT molecular complexity index is 894. The molecule has 1 aromatic carbocycles. The van der Waals surface area contributed by atoms with E-state index < -0.39 is 0 Å². The van der Waals surface area contributed by atoms with E-state index in [0.29, 0.717) is 13.0 Å². The topological polar surface area (TPSA) is 59.3 Å². The second-order valence-corrected chi connectivity index (χ2v) is 7.82. The third-order valence-electron chi connectivity index (χ3n) is 4.27. The van der Waals surface area contributed by atoms with Crippen molar-refractivity contribution in [3.63, 3.8) is 0 Å². The summed E-state index contributed by atoms with van der Waals surface area (Å²) in [6, 6.07) is 10.2. The van der Waals surface area contributed by atoms with E-state index in [0.717, 1.165) is 36.4 Å². The van der Waals surface area contributed by atoms with Gasteiger partial charge in [-0.25, -0.2) is 0 Å². The number of hydrogen-bond donors (Lipinski definition) is 1. The molecule has 2 aromatic rings. The Labute approximate surface area is 149 Å². The Morgan fingerprint density at radius 3 is 3.08 bits per heavy atom. The molecule has 2 aliphatic heterocycles. The van der Waals surface area contributed by atoms with Gasteiger partial charge in [0.2, 0.25) is 5.91 Å². The maximum absolute atomic E-state index is 12.4. The number of hydrogen-bond acceptors (Lipinski definition) is 3. The zero-order valence-corrected chi connectivity index (χ0v) is 14.7. The van der Waals surface area contributed by atoms with Gasteiger partial charge in [-0.05, 0) is 41.3 Å². The van der Waals surface area contributed by atoms with Crippen LogP contribution in [0.4, 0.5) is 0 Å². The van der Waals surface area contributed by atoms with E-state index in [1.165, 1.54) is 4.90 Å². The van der Waals surface area contributed by atoms with Crippen molar-refractivity contribution in [1.82, 2.24) is 15.1 Å². The number of rotatable bonds is 0. The number of fused-ring (bicyclic) bond motifs is 5. The molecule has 25 heavy (non-hydrogen) atoms. The van der Waals surface area contributed by atoms with E-state index in [9.17, 15) is 4.79 Å². The highest BCUT2D eigenvalue weighted by Crippen LogP contribution is 2.32. The summed E-state index contributed by atoms with van der Waals surface area (Å²) in [5, 5.41) is 11.9.